The quantitative estimate of drug-likeness (QED) is 0.204. The maximum absolute atomic E-state index is 13.8. The van der Waals surface area contributed by atoms with E-state index in [0.717, 1.165) is 17.5 Å². The Hall–Kier alpha value is -3.77. The number of aliphatic imine (C=N–C) groups is 1. The van der Waals surface area contributed by atoms with E-state index in [2.05, 4.69) is 31.1 Å². The summed E-state index contributed by atoms with van der Waals surface area (Å²) in [6.07, 6.45) is 7.04. The van der Waals surface area contributed by atoms with Crippen LogP contribution in [0.1, 0.15) is 18.2 Å². The molecule has 1 aromatic heterocycles. The summed E-state index contributed by atoms with van der Waals surface area (Å²) in [7, 11) is 1.50. The number of nitrogens with zero attached hydrogens (tertiary/aromatic N) is 4. The molecular formula is C23H22BrF2N5O4. The number of nitrogens with two attached hydrogens (primary N) is 1. The molecule has 0 aliphatic carbocycles. The minimum atomic E-state index is -3.08. The number of benzene rings is 1. The van der Waals surface area contributed by atoms with Crippen LogP contribution in [0.25, 0.3) is 11.8 Å². The number of methoxy groups -OCH3 is 1. The number of aliphatic hydroxyl groups is 1. The van der Waals surface area contributed by atoms with Crippen molar-refractivity contribution in [3.63, 3.8) is 0 Å². The number of aryl methyl sites for hydroxylation is 1. The highest BCUT2D eigenvalue weighted by Gasteiger charge is 2.41. The first-order valence-electron chi connectivity index (χ1n) is 9.92. The minimum Gasteiger partial charge on any atom is -0.495 e. The van der Waals surface area contributed by atoms with Gasteiger partial charge in [0.15, 0.2) is 0 Å². The normalized spacial score (nSPS) is 15.3. The SMILES string of the molecule is C\C=C(F)/C=C(\C=C\F)C(O)(/N=C(N)/C(Br)=C/c1ccc(-n2cnc(C)c2)c(OC)c1)C(=O)N=O. The number of imidazole rings is 1. The van der Waals surface area contributed by atoms with Crippen LogP contribution in [0.15, 0.2) is 81.3 Å². The Morgan fingerprint density at radius 2 is 2.11 bits per heavy atom. The average molecular weight is 550 g/mol. The highest BCUT2D eigenvalue weighted by molar-refractivity contribution is 9.12. The van der Waals surface area contributed by atoms with Crippen LogP contribution in [-0.2, 0) is 4.79 Å². The van der Waals surface area contributed by atoms with Gasteiger partial charge in [-0.2, -0.15) is 0 Å². The highest BCUT2D eigenvalue weighted by Crippen LogP contribution is 2.28. The average Bonchev–Trinajstić information content (AvgIpc) is 3.28. The number of amidine groups is 1. The van der Waals surface area contributed by atoms with E-state index in [1.54, 1.807) is 29.1 Å². The Morgan fingerprint density at radius 3 is 2.66 bits per heavy atom. The van der Waals surface area contributed by atoms with Crippen molar-refractivity contribution in [2.75, 3.05) is 7.11 Å². The Balaban J connectivity index is 2.53. The third-order valence-corrected chi connectivity index (χ3v) is 5.24. The zero-order valence-electron chi connectivity index (χ0n) is 18.9. The van der Waals surface area contributed by atoms with Crippen molar-refractivity contribution in [2.24, 2.45) is 15.9 Å². The molecule has 1 aromatic carbocycles. The molecular weight excluding hydrogens is 528 g/mol. The topological polar surface area (TPSA) is 132 Å². The van der Waals surface area contributed by atoms with Gasteiger partial charge in [-0.3, -0.25) is 4.79 Å². The monoisotopic (exact) mass is 549 g/mol. The summed E-state index contributed by atoms with van der Waals surface area (Å²) in [5.41, 5.74) is 4.25. The predicted octanol–water partition coefficient (Wildman–Crippen LogP) is 4.55. The number of allylic oxidation sites excluding steroid dienone is 3. The Labute approximate surface area is 208 Å². The number of rotatable bonds is 9. The molecule has 1 atom stereocenters. The van der Waals surface area contributed by atoms with Gasteiger partial charge in [0.25, 0.3) is 5.72 Å². The van der Waals surface area contributed by atoms with Gasteiger partial charge >= 0.3 is 5.91 Å². The fourth-order valence-electron chi connectivity index (χ4n) is 2.86. The first-order chi connectivity index (χ1) is 16.6. The third kappa shape index (κ3) is 6.64. The van der Waals surface area contributed by atoms with E-state index in [0.29, 0.717) is 23.5 Å². The molecule has 0 aliphatic rings. The summed E-state index contributed by atoms with van der Waals surface area (Å²) < 4.78 is 34.0. The number of aromatic nitrogens is 2. The van der Waals surface area contributed by atoms with E-state index in [1.165, 1.54) is 20.1 Å². The zero-order valence-corrected chi connectivity index (χ0v) is 20.5. The van der Waals surface area contributed by atoms with E-state index in [-0.39, 0.29) is 10.8 Å². The van der Waals surface area contributed by atoms with Crippen LogP contribution in [0, 0.1) is 11.8 Å². The van der Waals surface area contributed by atoms with Crippen molar-refractivity contribution in [1.82, 2.24) is 9.55 Å². The number of halogens is 3. The predicted molar refractivity (Wildman–Crippen MR) is 132 cm³/mol. The summed E-state index contributed by atoms with van der Waals surface area (Å²) in [6.45, 7) is 3.17. The van der Waals surface area contributed by atoms with Crippen LogP contribution in [0.5, 0.6) is 5.75 Å². The number of amides is 1. The molecule has 184 valence electrons. The molecule has 35 heavy (non-hydrogen) atoms. The summed E-state index contributed by atoms with van der Waals surface area (Å²) in [5, 5.41) is 12.9. The maximum atomic E-state index is 13.8. The van der Waals surface area contributed by atoms with Crippen molar-refractivity contribution in [2.45, 2.75) is 19.6 Å². The summed E-state index contributed by atoms with van der Waals surface area (Å²) in [4.78, 5) is 30.9. The van der Waals surface area contributed by atoms with E-state index >= 15 is 0 Å². The van der Waals surface area contributed by atoms with Crippen molar-refractivity contribution >= 4 is 33.7 Å². The van der Waals surface area contributed by atoms with Crippen LogP contribution in [0.3, 0.4) is 0 Å². The van der Waals surface area contributed by atoms with Gasteiger partial charge in [-0.25, -0.2) is 18.8 Å². The molecule has 9 nitrogen and oxygen atoms in total. The van der Waals surface area contributed by atoms with Crippen molar-refractivity contribution in [1.29, 1.82) is 0 Å². The lowest BCUT2D eigenvalue weighted by atomic mass is 10.0. The molecule has 0 radical (unpaired) electrons. The van der Waals surface area contributed by atoms with Crippen molar-refractivity contribution < 1.29 is 23.4 Å². The van der Waals surface area contributed by atoms with Crippen LogP contribution >= 0.6 is 15.9 Å². The van der Waals surface area contributed by atoms with Gasteiger partial charge in [0.1, 0.15) is 17.4 Å². The van der Waals surface area contributed by atoms with E-state index in [1.807, 2.05) is 13.1 Å². The van der Waals surface area contributed by atoms with Gasteiger partial charge in [0.05, 0.1) is 35.6 Å². The van der Waals surface area contributed by atoms with Gasteiger partial charge < -0.3 is 20.1 Å². The first-order valence-corrected chi connectivity index (χ1v) is 10.7. The molecule has 0 saturated carbocycles. The second kappa shape index (κ2) is 12.1. The number of nitroso groups, excluding NO2 is 1. The number of hydrogen-bond acceptors (Lipinski definition) is 6. The van der Waals surface area contributed by atoms with E-state index in [9.17, 15) is 23.6 Å². The van der Waals surface area contributed by atoms with Gasteiger partial charge in [-0.05, 0) is 65.7 Å². The van der Waals surface area contributed by atoms with Crippen molar-refractivity contribution in [3.05, 3.63) is 87.3 Å². The molecule has 2 rings (SSSR count). The Morgan fingerprint density at radius 1 is 1.40 bits per heavy atom. The number of hydrogen-bond donors (Lipinski definition) is 2. The molecule has 0 saturated heterocycles. The van der Waals surface area contributed by atoms with E-state index < -0.39 is 28.9 Å². The maximum Gasteiger partial charge on any atom is 0.345 e. The smallest absolute Gasteiger partial charge is 0.345 e. The second-order valence-electron chi connectivity index (χ2n) is 6.98. The van der Waals surface area contributed by atoms with Gasteiger partial charge in [-0.1, -0.05) is 12.1 Å². The fraction of sp³-hybridized carbons (Fsp3) is 0.174. The van der Waals surface area contributed by atoms with Crippen molar-refractivity contribution in [3.8, 4) is 11.4 Å². The molecule has 1 unspecified atom stereocenters. The fourth-order valence-corrected chi connectivity index (χ4v) is 3.22. The van der Waals surface area contributed by atoms with Crippen LogP contribution in [0.4, 0.5) is 8.78 Å². The number of ether oxygens (including phenoxy) is 1. The molecule has 0 fully saturated rings. The number of carbonyl (C=O) groups excluding carboxylic acids is 1. The zero-order chi connectivity index (χ0) is 26.2. The Kier molecular flexibility index (Phi) is 9.49. The highest BCUT2D eigenvalue weighted by atomic mass is 79.9. The lowest BCUT2D eigenvalue weighted by molar-refractivity contribution is -0.131. The summed E-state index contributed by atoms with van der Waals surface area (Å²) in [6, 6.07) is 5.18. The van der Waals surface area contributed by atoms with Gasteiger partial charge in [0.2, 0.25) is 0 Å². The standard InChI is InChI=1S/C23H22BrF2N5O4/c1-4-17(26)11-16(7-8-25)23(33,22(32)30-34)29-21(27)18(24)9-15-5-6-19(20(10-15)35-3)31-12-14(2)28-13-31/h4-13,33H,1-3H3,(H2,27,29)/b8-7+,16-11+,17-4+,18-9-. The van der Waals surface area contributed by atoms with Crippen LogP contribution in [-0.4, -0.2) is 39.2 Å². The van der Waals surface area contributed by atoms with Gasteiger partial charge in [0, 0.05) is 16.9 Å². The van der Waals surface area contributed by atoms with Gasteiger partial charge in [-0.15, -0.1) is 4.91 Å². The Bertz CT molecular complexity index is 1270. The first kappa shape index (κ1) is 27.5. The molecule has 0 bridgehead atoms. The largest absolute Gasteiger partial charge is 0.495 e. The summed E-state index contributed by atoms with van der Waals surface area (Å²) in [5.74, 6) is -2.62. The molecule has 3 N–H and O–H groups in total. The molecule has 1 heterocycles. The minimum absolute atomic E-state index is 0.0655. The van der Waals surface area contributed by atoms with Crippen LogP contribution in [0.2, 0.25) is 0 Å². The molecule has 12 heteroatoms. The summed E-state index contributed by atoms with van der Waals surface area (Å²) >= 11 is 3.19. The number of carbonyl (C=O) groups is 1. The third-order valence-electron chi connectivity index (χ3n) is 4.61. The van der Waals surface area contributed by atoms with E-state index in [4.69, 9.17) is 10.5 Å². The molecule has 0 aliphatic heterocycles. The molecule has 1 amide bonds. The molecule has 0 spiro atoms. The molecule has 2 aromatic rings. The second-order valence-corrected chi connectivity index (χ2v) is 7.83. The van der Waals surface area contributed by atoms with Crippen LogP contribution < -0.4 is 10.5 Å². The lowest BCUT2D eigenvalue weighted by Crippen LogP contribution is -2.39. The lowest BCUT2D eigenvalue weighted by Gasteiger charge is -2.21.